The highest BCUT2D eigenvalue weighted by Crippen LogP contribution is 2.19. The Morgan fingerprint density at radius 3 is 2.83 bits per heavy atom. The number of nitrogens with zero attached hydrogens (tertiary/aromatic N) is 2. The molecule has 0 saturated heterocycles. The maximum atomic E-state index is 12.2. The second-order valence-corrected chi connectivity index (χ2v) is 6.33. The van der Waals surface area contributed by atoms with Gasteiger partial charge in [-0.05, 0) is 30.9 Å². The maximum absolute atomic E-state index is 12.2. The van der Waals surface area contributed by atoms with Crippen molar-refractivity contribution in [2.75, 3.05) is 19.4 Å². The summed E-state index contributed by atoms with van der Waals surface area (Å²) in [7, 11) is 0. The molecule has 1 aromatic carbocycles. The zero-order valence-electron chi connectivity index (χ0n) is 13.5. The van der Waals surface area contributed by atoms with Crippen molar-refractivity contribution in [1.82, 2.24) is 14.9 Å². The van der Waals surface area contributed by atoms with Crippen LogP contribution in [0.1, 0.15) is 23.7 Å². The Balaban J connectivity index is 1.71. The molecule has 2 aromatic rings. The number of ether oxygens (including phenoxy) is 1. The molecule has 0 amide bonds. The predicted molar refractivity (Wildman–Crippen MR) is 92.1 cm³/mol. The summed E-state index contributed by atoms with van der Waals surface area (Å²) in [4.78, 5) is 21.9. The molecule has 0 saturated carbocycles. The van der Waals surface area contributed by atoms with E-state index < -0.39 is 0 Å². The van der Waals surface area contributed by atoms with Gasteiger partial charge in [0.05, 0.1) is 17.9 Å². The quantitative estimate of drug-likeness (QED) is 0.674. The molecule has 0 atom stereocenters. The Morgan fingerprint density at radius 2 is 2.13 bits per heavy atom. The van der Waals surface area contributed by atoms with Crippen LogP contribution in [0.2, 0.25) is 0 Å². The third-order valence-corrected chi connectivity index (χ3v) is 4.54. The standard InChI is InChI=1S/C17H21N3O2S/c1-3-22-13-6-4-12(5-7-13)10-20-9-8-15-14(11-20)16(21)19-17(18-15)23-2/h4-7H,3,8-11H2,1-2H3,(H,18,19,21). The number of nitrogens with one attached hydrogen (secondary N) is 1. The zero-order valence-corrected chi connectivity index (χ0v) is 14.3. The van der Waals surface area contributed by atoms with Gasteiger partial charge in [0.1, 0.15) is 5.75 Å². The second-order valence-electron chi connectivity index (χ2n) is 5.54. The van der Waals surface area contributed by atoms with Gasteiger partial charge in [0.25, 0.3) is 5.56 Å². The van der Waals surface area contributed by atoms with Crippen LogP contribution >= 0.6 is 11.8 Å². The van der Waals surface area contributed by atoms with Crippen molar-refractivity contribution in [3.63, 3.8) is 0 Å². The largest absolute Gasteiger partial charge is 0.494 e. The number of fused-ring (bicyclic) bond motifs is 1. The van der Waals surface area contributed by atoms with Gasteiger partial charge in [-0.25, -0.2) is 4.98 Å². The van der Waals surface area contributed by atoms with E-state index in [0.717, 1.165) is 36.5 Å². The molecule has 0 radical (unpaired) electrons. The summed E-state index contributed by atoms with van der Waals surface area (Å²) >= 11 is 1.47. The first kappa shape index (κ1) is 16.1. The van der Waals surface area contributed by atoms with Crippen molar-refractivity contribution in [2.24, 2.45) is 0 Å². The van der Waals surface area contributed by atoms with Gasteiger partial charge in [0.15, 0.2) is 5.16 Å². The minimum atomic E-state index is -0.00394. The van der Waals surface area contributed by atoms with E-state index in [1.165, 1.54) is 17.3 Å². The number of hydrogen-bond acceptors (Lipinski definition) is 5. The van der Waals surface area contributed by atoms with Crippen LogP contribution in [0.5, 0.6) is 5.75 Å². The van der Waals surface area contributed by atoms with Crippen LogP contribution in [0.25, 0.3) is 0 Å². The van der Waals surface area contributed by atoms with Gasteiger partial charge in [0, 0.05) is 26.1 Å². The van der Waals surface area contributed by atoms with Crippen LogP contribution in [-0.4, -0.2) is 34.3 Å². The summed E-state index contributed by atoms with van der Waals surface area (Å²) in [6.45, 7) is 5.06. The fraction of sp³-hybridized carbons (Fsp3) is 0.412. The molecule has 2 heterocycles. The van der Waals surface area contributed by atoms with Crippen LogP contribution in [0.15, 0.2) is 34.2 Å². The van der Waals surface area contributed by atoms with E-state index >= 15 is 0 Å². The normalized spacial score (nSPS) is 14.5. The predicted octanol–water partition coefficient (Wildman–Crippen LogP) is 2.45. The zero-order chi connectivity index (χ0) is 16.2. The summed E-state index contributed by atoms with van der Waals surface area (Å²) in [5.41, 5.74) is 2.97. The molecule has 1 aliphatic rings. The highest BCUT2D eigenvalue weighted by atomic mass is 32.2. The number of aromatic nitrogens is 2. The molecule has 0 aliphatic carbocycles. The molecular formula is C17H21N3O2S. The smallest absolute Gasteiger partial charge is 0.256 e. The lowest BCUT2D eigenvalue weighted by molar-refractivity contribution is 0.241. The van der Waals surface area contributed by atoms with Crippen molar-refractivity contribution in [3.8, 4) is 5.75 Å². The summed E-state index contributed by atoms with van der Waals surface area (Å²) in [6.07, 6.45) is 2.75. The summed E-state index contributed by atoms with van der Waals surface area (Å²) in [5, 5.41) is 0.703. The SMILES string of the molecule is CCOc1ccc(CN2CCc3nc(SC)[nH]c(=O)c3C2)cc1. The highest BCUT2D eigenvalue weighted by molar-refractivity contribution is 7.98. The van der Waals surface area contributed by atoms with Crippen molar-refractivity contribution in [3.05, 3.63) is 51.4 Å². The van der Waals surface area contributed by atoms with E-state index in [2.05, 4.69) is 27.0 Å². The average molecular weight is 331 g/mol. The molecule has 1 aliphatic heterocycles. The third-order valence-electron chi connectivity index (χ3n) is 3.96. The van der Waals surface area contributed by atoms with Gasteiger partial charge in [-0.15, -0.1) is 0 Å². The molecule has 0 fully saturated rings. The Kier molecular flexibility index (Phi) is 5.03. The monoisotopic (exact) mass is 331 g/mol. The van der Waals surface area contributed by atoms with Crippen molar-refractivity contribution >= 4 is 11.8 Å². The van der Waals surface area contributed by atoms with Gasteiger partial charge in [-0.3, -0.25) is 9.69 Å². The van der Waals surface area contributed by atoms with Crippen molar-refractivity contribution < 1.29 is 4.74 Å². The molecule has 3 rings (SSSR count). The number of thioether (sulfide) groups is 1. The molecule has 122 valence electrons. The number of rotatable bonds is 5. The lowest BCUT2D eigenvalue weighted by atomic mass is 10.1. The molecule has 0 unspecified atom stereocenters. The minimum Gasteiger partial charge on any atom is -0.494 e. The van der Waals surface area contributed by atoms with E-state index in [1.54, 1.807) is 0 Å². The Bertz CT molecular complexity index is 728. The van der Waals surface area contributed by atoms with Crippen LogP contribution in [0.3, 0.4) is 0 Å². The number of hydrogen-bond donors (Lipinski definition) is 1. The maximum Gasteiger partial charge on any atom is 0.256 e. The lowest BCUT2D eigenvalue weighted by Gasteiger charge is -2.27. The van der Waals surface area contributed by atoms with E-state index in [1.807, 2.05) is 25.3 Å². The molecule has 0 spiro atoms. The van der Waals surface area contributed by atoms with E-state index in [-0.39, 0.29) is 5.56 Å². The van der Waals surface area contributed by atoms with E-state index in [0.29, 0.717) is 18.3 Å². The van der Waals surface area contributed by atoms with Crippen molar-refractivity contribution in [1.29, 1.82) is 0 Å². The van der Waals surface area contributed by atoms with E-state index in [4.69, 9.17) is 4.74 Å². The van der Waals surface area contributed by atoms with Gasteiger partial charge in [-0.2, -0.15) is 0 Å². The number of aromatic amines is 1. The number of benzene rings is 1. The molecule has 0 bridgehead atoms. The van der Waals surface area contributed by atoms with E-state index in [9.17, 15) is 4.79 Å². The first-order valence-corrected chi connectivity index (χ1v) is 9.02. The first-order valence-electron chi connectivity index (χ1n) is 7.79. The van der Waals surface area contributed by atoms with Crippen LogP contribution in [0, 0.1) is 0 Å². The molecule has 5 nitrogen and oxygen atoms in total. The third kappa shape index (κ3) is 3.76. The lowest BCUT2D eigenvalue weighted by Crippen LogP contribution is -2.35. The first-order chi connectivity index (χ1) is 11.2. The average Bonchev–Trinajstić information content (AvgIpc) is 2.57. The molecule has 1 aromatic heterocycles. The molecular weight excluding hydrogens is 310 g/mol. The molecule has 23 heavy (non-hydrogen) atoms. The highest BCUT2D eigenvalue weighted by Gasteiger charge is 2.21. The summed E-state index contributed by atoms with van der Waals surface area (Å²) in [6, 6.07) is 8.16. The second kappa shape index (κ2) is 7.19. The van der Waals surface area contributed by atoms with Gasteiger partial charge >= 0.3 is 0 Å². The van der Waals surface area contributed by atoms with Gasteiger partial charge in [-0.1, -0.05) is 23.9 Å². The Labute approximate surface area is 140 Å². The molecule has 6 heteroatoms. The molecule has 1 N–H and O–H groups in total. The van der Waals surface area contributed by atoms with Crippen LogP contribution < -0.4 is 10.3 Å². The minimum absolute atomic E-state index is 0.00394. The van der Waals surface area contributed by atoms with Gasteiger partial charge in [0.2, 0.25) is 0 Å². The van der Waals surface area contributed by atoms with Gasteiger partial charge < -0.3 is 9.72 Å². The summed E-state index contributed by atoms with van der Waals surface area (Å²) < 4.78 is 5.47. The van der Waals surface area contributed by atoms with Crippen molar-refractivity contribution in [2.45, 2.75) is 31.6 Å². The fourth-order valence-electron chi connectivity index (χ4n) is 2.81. The summed E-state index contributed by atoms with van der Waals surface area (Å²) in [5.74, 6) is 0.894. The fourth-order valence-corrected chi connectivity index (χ4v) is 3.20. The Morgan fingerprint density at radius 1 is 1.35 bits per heavy atom. The van der Waals surface area contributed by atoms with Crippen LogP contribution in [0.4, 0.5) is 0 Å². The topological polar surface area (TPSA) is 58.2 Å². The Hall–Kier alpha value is -1.79. The van der Waals surface area contributed by atoms with Crippen LogP contribution in [-0.2, 0) is 19.5 Å². The number of H-pyrrole nitrogens is 1.